The number of amides is 1. The molecule has 0 atom stereocenters. The molecule has 2 rings (SSSR count). The number of benzene rings is 2. The first-order valence-electron chi connectivity index (χ1n) is 6.91. The lowest BCUT2D eigenvalue weighted by atomic mass is 10.1. The van der Waals surface area contributed by atoms with Gasteiger partial charge in [-0.1, -0.05) is 30.3 Å². The number of anilines is 1. The first-order chi connectivity index (χ1) is 11.0. The van der Waals surface area contributed by atoms with E-state index >= 15 is 0 Å². The predicted octanol–water partition coefficient (Wildman–Crippen LogP) is 3.45. The van der Waals surface area contributed by atoms with E-state index in [2.05, 4.69) is 5.32 Å². The maximum absolute atomic E-state index is 11.9. The lowest BCUT2D eigenvalue weighted by molar-refractivity contribution is 0.0695. The first kappa shape index (κ1) is 16.4. The number of hydrogen-bond donors (Lipinski definition) is 2. The van der Waals surface area contributed by atoms with Crippen molar-refractivity contribution in [2.24, 2.45) is 0 Å². The predicted molar refractivity (Wildman–Crippen MR) is 84.9 cm³/mol. The van der Waals surface area contributed by atoms with Crippen LogP contribution in [-0.2, 0) is 11.3 Å². The van der Waals surface area contributed by atoms with E-state index in [1.165, 1.54) is 19.2 Å². The number of methoxy groups -OCH3 is 1. The van der Waals surface area contributed by atoms with E-state index in [0.717, 1.165) is 5.56 Å². The van der Waals surface area contributed by atoms with Crippen LogP contribution in [0.25, 0.3) is 0 Å². The van der Waals surface area contributed by atoms with E-state index in [0.29, 0.717) is 11.3 Å². The van der Waals surface area contributed by atoms with Crippen LogP contribution in [-0.4, -0.2) is 24.3 Å². The summed E-state index contributed by atoms with van der Waals surface area (Å²) in [5.74, 6) is -0.802. The van der Waals surface area contributed by atoms with Gasteiger partial charge in [-0.2, -0.15) is 0 Å². The van der Waals surface area contributed by atoms with E-state index in [4.69, 9.17) is 14.6 Å². The number of carboxylic acid groups (broad SMARTS) is 1. The molecule has 6 heteroatoms. The van der Waals surface area contributed by atoms with Gasteiger partial charge in [-0.15, -0.1) is 0 Å². The third-order valence-corrected chi connectivity index (χ3v) is 3.23. The van der Waals surface area contributed by atoms with Crippen LogP contribution < -0.4 is 10.1 Å². The van der Waals surface area contributed by atoms with Crippen LogP contribution in [0.5, 0.6) is 5.75 Å². The summed E-state index contributed by atoms with van der Waals surface area (Å²) in [6.07, 6.45) is -0.644. The largest absolute Gasteiger partial charge is 0.495 e. The molecule has 1 amide bonds. The Morgan fingerprint density at radius 3 is 2.48 bits per heavy atom. The van der Waals surface area contributed by atoms with Gasteiger partial charge < -0.3 is 14.6 Å². The summed E-state index contributed by atoms with van der Waals surface area (Å²) in [7, 11) is 1.40. The van der Waals surface area contributed by atoms with E-state index in [1.807, 2.05) is 30.3 Å². The Balaban J connectivity index is 2.08. The van der Waals surface area contributed by atoms with Gasteiger partial charge in [-0.3, -0.25) is 5.32 Å². The molecule has 0 heterocycles. The van der Waals surface area contributed by atoms with Crippen LogP contribution in [0.2, 0.25) is 0 Å². The highest BCUT2D eigenvalue weighted by Crippen LogP contribution is 2.28. The topological polar surface area (TPSA) is 84.9 Å². The molecule has 6 nitrogen and oxygen atoms in total. The van der Waals surface area contributed by atoms with Crippen molar-refractivity contribution in [3.05, 3.63) is 59.2 Å². The van der Waals surface area contributed by atoms with Gasteiger partial charge in [-0.25, -0.2) is 9.59 Å². The molecule has 0 saturated carbocycles. The molecule has 0 unspecified atom stereocenters. The minimum absolute atomic E-state index is 0.116. The van der Waals surface area contributed by atoms with Gasteiger partial charge in [0.2, 0.25) is 0 Å². The molecule has 0 saturated heterocycles. The van der Waals surface area contributed by atoms with E-state index < -0.39 is 12.1 Å². The van der Waals surface area contributed by atoms with E-state index in [9.17, 15) is 9.59 Å². The molecule has 0 aromatic heterocycles. The number of carbonyl (C=O) groups is 2. The fourth-order valence-electron chi connectivity index (χ4n) is 2.05. The second kappa shape index (κ2) is 7.31. The number of aryl methyl sites for hydroxylation is 1. The van der Waals surface area contributed by atoms with Crippen LogP contribution in [0.1, 0.15) is 21.5 Å². The molecule has 2 aromatic carbocycles. The minimum Gasteiger partial charge on any atom is -0.495 e. The molecule has 2 aromatic rings. The molecule has 0 aliphatic carbocycles. The number of carboxylic acids is 1. The number of ether oxygens (including phenoxy) is 2. The van der Waals surface area contributed by atoms with Gasteiger partial charge in [0.25, 0.3) is 0 Å². The summed E-state index contributed by atoms with van der Waals surface area (Å²) in [6, 6.07) is 12.2. The molecule has 23 heavy (non-hydrogen) atoms. The lowest BCUT2D eigenvalue weighted by Gasteiger charge is -2.13. The zero-order valence-corrected chi connectivity index (χ0v) is 12.8. The monoisotopic (exact) mass is 315 g/mol. The molecule has 0 spiro atoms. The van der Waals surface area contributed by atoms with Gasteiger partial charge >= 0.3 is 12.1 Å². The highest BCUT2D eigenvalue weighted by Gasteiger charge is 2.15. The standard InChI is InChI=1S/C17H17NO5/c1-11-8-14(15(22-2)9-13(11)16(19)20)18-17(21)23-10-12-6-4-3-5-7-12/h3-9H,10H2,1-2H3,(H,18,21)(H,19,20). The zero-order valence-electron chi connectivity index (χ0n) is 12.8. The third kappa shape index (κ3) is 4.23. The van der Waals surface area contributed by atoms with Crippen molar-refractivity contribution in [2.45, 2.75) is 13.5 Å². The van der Waals surface area contributed by atoms with Crippen molar-refractivity contribution in [1.29, 1.82) is 0 Å². The van der Waals surface area contributed by atoms with E-state index in [-0.39, 0.29) is 17.9 Å². The fraction of sp³-hybridized carbons (Fsp3) is 0.176. The quantitative estimate of drug-likeness (QED) is 0.882. The number of aromatic carboxylic acids is 1. The van der Waals surface area contributed by atoms with Crippen molar-refractivity contribution in [3.63, 3.8) is 0 Å². The number of nitrogens with one attached hydrogen (secondary N) is 1. The average Bonchev–Trinajstić information content (AvgIpc) is 2.54. The van der Waals surface area contributed by atoms with Gasteiger partial charge in [0.15, 0.2) is 0 Å². The van der Waals surface area contributed by atoms with Gasteiger partial charge in [0, 0.05) is 0 Å². The summed E-state index contributed by atoms with van der Waals surface area (Å²) in [5, 5.41) is 11.7. The first-order valence-corrected chi connectivity index (χ1v) is 6.91. The molecule has 120 valence electrons. The van der Waals surface area contributed by atoms with Crippen molar-refractivity contribution in [2.75, 3.05) is 12.4 Å². The third-order valence-electron chi connectivity index (χ3n) is 3.23. The summed E-state index contributed by atoms with van der Waals surface area (Å²) in [4.78, 5) is 23.0. The number of hydrogen-bond acceptors (Lipinski definition) is 4. The second-order valence-corrected chi connectivity index (χ2v) is 4.86. The Labute approximate surface area is 133 Å². The second-order valence-electron chi connectivity index (χ2n) is 4.86. The SMILES string of the molecule is COc1cc(C(=O)O)c(C)cc1NC(=O)OCc1ccccc1. The zero-order chi connectivity index (χ0) is 16.8. The van der Waals surface area contributed by atoms with Crippen LogP contribution in [0.4, 0.5) is 10.5 Å². The van der Waals surface area contributed by atoms with Crippen LogP contribution in [0.3, 0.4) is 0 Å². The van der Waals surface area contributed by atoms with Crippen LogP contribution in [0.15, 0.2) is 42.5 Å². The maximum Gasteiger partial charge on any atom is 0.412 e. The summed E-state index contributed by atoms with van der Waals surface area (Å²) in [6.45, 7) is 1.78. The maximum atomic E-state index is 11.9. The Bertz CT molecular complexity index is 712. The van der Waals surface area contributed by atoms with Crippen LogP contribution >= 0.6 is 0 Å². The molecule has 0 aliphatic rings. The Morgan fingerprint density at radius 1 is 1.17 bits per heavy atom. The number of rotatable bonds is 5. The molecular weight excluding hydrogens is 298 g/mol. The highest BCUT2D eigenvalue weighted by molar-refractivity contribution is 5.93. The average molecular weight is 315 g/mol. The number of carbonyl (C=O) groups excluding carboxylic acids is 1. The van der Waals surface area contributed by atoms with Gasteiger partial charge in [0.05, 0.1) is 18.4 Å². The van der Waals surface area contributed by atoms with Crippen molar-refractivity contribution in [1.82, 2.24) is 0 Å². The molecule has 0 aliphatic heterocycles. The molecule has 2 N–H and O–H groups in total. The van der Waals surface area contributed by atoms with Gasteiger partial charge in [0.1, 0.15) is 12.4 Å². The molecule has 0 bridgehead atoms. The summed E-state index contributed by atoms with van der Waals surface area (Å²) < 4.78 is 10.2. The molecular formula is C17H17NO5. The van der Waals surface area contributed by atoms with Crippen molar-refractivity contribution >= 4 is 17.7 Å². The lowest BCUT2D eigenvalue weighted by Crippen LogP contribution is -2.15. The highest BCUT2D eigenvalue weighted by atomic mass is 16.5. The minimum atomic E-state index is -1.06. The Hall–Kier alpha value is -3.02. The van der Waals surface area contributed by atoms with E-state index in [1.54, 1.807) is 6.92 Å². The normalized spacial score (nSPS) is 10.0. The fourth-order valence-corrected chi connectivity index (χ4v) is 2.05. The van der Waals surface area contributed by atoms with Crippen molar-refractivity contribution < 1.29 is 24.2 Å². The van der Waals surface area contributed by atoms with Crippen LogP contribution in [0, 0.1) is 6.92 Å². The van der Waals surface area contributed by atoms with Crippen molar-refractivity contribution in [3.8, 4) is 5.75 Å². The summed E-state index contributed by atoms with van der Waals surface area (Å²) in [5.41, 5.74) is 1.85. The Morgan fingerprint density at radius 2 is 1.87 bits per heavy atom. The smallest absolute Gasteiger partial charge is 0.412 e. The summed E-state index contributed by atoms with van der Waals surface area (Å²) >= 11 is 0. The Kier molecular flexibility index (Phi) is 5.19. The molecule has 0 fully saturated rings. The molecule has 0 radical (unpaired) electrons. The van der Waals surface area contributed by atoms with Gasteiger partial charge in [-0.05, 0) is 30.2 Å².